The van der Waals surface area contributed by atoms with E-state index in [0.29, 0.717) is 29.6 Å². The number of carbonyl (C=O) groups excluding carboxylic acids is 1. The maximum absolute atomic E-state index is 14.3. The van der Waals surface area contributed by atoms with E-state index in [-0.39, 0.29) is 18.0 Å². The lowest BCUT2D eigenvalue weighted by Crippen LogP contribution is -2.36. The number of carbonyl (C=O) groups is 1. The maximum Gasteiger partial charge on any atom is 0.329 e. The first-order chi connectivity index (χ1) is 13.5. The summed E-state index contributed by atoms with van der Waals surface area (Å²) in [6.07, 6.45) is 2.92. The molecule has 1 N–H and O–H groups in total. The van der Waals surface area contributed by atoms with Crippen molar-refractivity contribution in [1.82, 2.24) is 14.5 Å². The van der Waals surface area contributed by atoms with E-state index in [1.807, 2.05) is 0 Å². The number of para-hydroxylation sites is 1. The molecule has 3 aromatic rings. The number of piperidine rings is 1. The summed E-state index contributed by atoms with van der Waals surface area (Å²) in [4.78, 5) is 41.0. The van der Waals surface area contributed by atoms with E-state index < -0.39 is 17.1 Å². The van der Waals surface area contributed by atoms with Crippen molar-refractivity contribution in [2.24, 2.45) is 0 Å². The first-order valence-electron chi connectivity index (χ1n) is 9.34. The first kappa shape index (κ1) is 18.2. The number of aromatic amines is 1. The van der Waals surface area contributed by atoms with Gasteiger partial charge in [-0.3, -0.25) is 19.1 Å². The summed E-state index contributed by atoms with van der Waals surface area (Å²) < 4.78 is 15.8. The lowest BCUT2D eigenvalue weighted by molar-refractivity contribution is 0.0719. The molecule has 0 spiro atoms. The summed E-state index contributed by atoms with van der Waals surface area (Å²) in [7, 11) is 0. The highest BCUT2D eigenvalue weighted by Gasteiger charge is 2.21. The van der Waals surface area contributed by atoms with Crippen molar-refractivity contribution in [2.75, 3.05) is 13.1 Å². The Morgan fingerprint density at radius 2 is 1.79 bits per heavy atom. The zero-order valence-corrected chi connectivity index (χ0v) is 15.3. The van der Waals surface area contributed by atoms with Crippen molar-refractivity contribution in [2.45, 2.75) is 25.8 Å². The predicted octanol–water partition coefficient (Wildman–Crippen LogP) is 2.50. The molecule has 0 bridgehead atoms. The van der Waals surface area contributed by atoms with Gasteiger partial charge in [-0.25, -0.2) is 9.18 Å². The number of likely N-dealkylation sites (tertiary alicyclic amines) is 1. The van der Waals surface area contributed by atoms with Crippen LogP contribution in [0.4, 0.5) is 4.39 Å². The van der Waals surface area contributed by atoms with Crippen LogP contribution in [0.25, 0.3) is 10.9 Å². The highest BCUT2D eigenvalue weighted by atomic mass is 19.1. The Labute approximate surface area is 160 Å². The maximum atomic E-state index is 14.3. The quantitative estimate of drug-likeness (QED) is 0.757. The van der Waals surface area contributed by atoms with Crippen LogP contribution in [0.2, 0.25) is 0 Å². The van der Waals surface area contributed by atoms with Crippen LogP contribution in [-0.2, 0) is 6.54 Å². The van der Waals surface area contributed by atoms with Crippen molar-refractivity contribution < 1.29 is 9.18 Å². The number of aromatic nitrogens is 2. The van der Waals surface area contributed by atoms with Crippen LogP contribution in [0.1, 0.15) is 35.2 Å². The molecule has 1 aliphatic rings. The second-order valence-electron chi connectivity index (χ2n) is 7.03. The number of rotatable bonds is 3. The van der Waals surface area contributed by atoms with Gasteiger partial charge in [-0.2, -0.15) is 0 Å². The molecule has 0 unspecified atom stereocenters. The van der Waals surface area contributed by atoms with E-state index in [2.05, 4.69) is 4.98 Å². The smallest absolute Gasteiger partial charge is 0.329 e. The number of nitrogens with zero attached hydrogens (tertiary/aromatic N) is 2. The molecular weight excluding hydrogens is 361 g/mol. The molecule has 0 saturated carbocycles. The predicted molar refractivity (Wildman–Crippen MR) is 104 cm³/mol. The van der Waals surface area contributed by atoms with Crippen LogP contribution in [0.15, 0.2) is 52.1 Å². The monoisotopic (exact) mass is 381 g/mol. The second kappa shape index (κ2) is 7.42. The van der Waals surface area contributed by atoms with Gasteiger partial charge < -0.3 is 4.90 Å². The molecule has 2 aromatic carbocycles. The Kier molecular flexibility index (Phi) is 4.81. The topological polar surface area (TPSA) is 75.2 Å². The molecule has 1 aromatic heterocycles. The zero-order valence-electron chi connectivity index (χ0n) is 15.3. The van der Waals surface area contributed by atoms with Crippen LogP contribution in [0, 0.1) is 5.82 Å². The van der Waals surface area contributed by atoms with Gasteiger partial charge in [-0.1, -0.05) is 18.2 Å². The zero-order chi connectivity index (χ0) is 19.7. The number of nitrogens with one attached hydrogen (secondary N) is 1. The van der Waals surface area contributed by atoms with Crippen molar-refractivity contribution in [3.63, 3.8) is 0 Å². The molecule has 0 atom stereocenters. The fourth-order valence-corrected chi connectivity index (χ4v) is 3.68. The van der Waals surface area contributed by atoms with Crippen LogP contribution in [0.3, 0.4) is 0 Å². The largest absolute Gasteiger partial charge is 0.339 e. The lowest BCUT2D eigenvalue weighted by atomic mass is 10.1. The Balaban J connectivity index is 1.72. The van der Waals surface area contributed by atoms with Crippen LogP contribution < -0.4 is 11.2 Å². The third-order valence-corrected chi connectivity index (χ3v) is 5.15. The molecule has 1 saturated heterocycles. The third kappa shape index (κ3) is 3.35. The van der Waals surface area contributed by atoms with Gasteiger partial charge in [0.2, 0.25) is 0 Å². The van der Waals surface area contributed by atoms with Crippen molar-refractivity contribution >= 4 is 16.8 Å². The Hall–Kier alpha value is -3.22. The van der Waals surface area contributed by atoms with Crippen LogP contribution in [-0.4, -0.2) is 33.4 Å². The van der Waals surface area contributed by atoms with Gasteiger partial charge >= 0.3 is 5.69 Å². The minimum atomic E-state index is -0.571. The number of hydrogen-bond donors (Lipinski definition) is 1. The molecule has 6 nitrogen and oxygen atoms in total. The van der Waals surface area contributed by atoms with E-state index in [9.17, 15) is 18.8 Å². The summed E-state index contributed by atoms with van der Waals surface area (Å²) in [5, 5.41) is 0.397. The van der Waals surface area contributed by atoms with Gasteiger partial charge in [0.25, 0.3) is 11.5 Å². The average Bonchev–Trinajstić information content (AvgIpc) is 2.72. The fourth-order valence-electron chi connectivity index (χ4n) is 3.68. The number of fused-ring (bicyclic) bond motifs is 1. The molecule has 0 aliphatic carbocycles. The van der Waals surface area contributed by atoms with E-state index in [1.165, 1.54) is 16.7 Å². The summed E-state index contributed by atoms with van der Waals surface area (Å²) in [6.45, 7) is 1.38. The third-order valence-electron chi connectivity index (χ3n) is 5.15. The second-order valence-corrected chi connectivity index (χ2v) is 7.03. The van der Waals surface area contributed by atoms with E-state index in [0.717, 1.165) is 19.3 Å². The highest BCUT2D eigenvalue weighted by molar-refractivity contribution is 5.94. The van der Waals surface area contributed by atoms with Gasteiger partial charge in [0.15, 0.2) is 0 Å². The minimum Gasteiger partial charge on any atom is -0.339 e. The van der Waals surface area contributed by atoms with Crippen molar-refractivity contribution in [3.8, 4) is 0 Å². The van der Waals surface area contributed by atoms with E-state index in [4.69, 9.17) is 0 Å². The molecule has 1 aliphatic heterocycles. The Morgan fingerprint density at radius 1 is 1.04 bits per heavy atom. The minimum absolute atomic E-state index is 0.0150. The summed E-state index contributed by atoms with van der Waals surface area (Å²) >= 11 is 0. The van der Waals surface area contributed by atoms with Crippen molar-refractivity contribution in [1.29, 1.82) is 0 Å². The normalized spacial score (nSPS) is 14.4. The number of hydrogen-bond acceptors (Lipinski definition) is 3. The van der Waals surface area contributed by atoms with Crippen molar-refractivity contribution in [3.05, 3.63) is 80.2 Å². The van der Waals surface area contributed by atoms with Gasteiger partial charge in [-0.15, -0.1) is 0 Å². The molecular formula is C21H20FN3O3. The number of halogens is 1. The molecule has 28 heavy (non-hydrogen) atoms. The van der Waals surface area contributed by atoms with Gasteiger partial charge in [0, 0.05) is 13.1 Å². The molecule has 1 amide bonds. The van der Waals surface area contributed by atoms with Crippen LogP contribution >= 0.6 is 0 Å². The molecule has 7 heteroatoms. The molecule has 2 heterocycles. The van der Waals surface area contributed by atoms with E-state index in [1.54, 1.807) is 35.2 Å². The Morgan fingerprint density at radius 3 is 2.57 bits per heavy atom. The lowest BCUT2D eigenvalue weighted by Gasteiger charge is -2.27. The van der Waals surface area contributed by atoms with Gasteiger partial charge in [-0.05, 0) is 49.1 Å². The Bertz CT molecular complexity index is 1160. The SMILES string of the molecule is O=C(c1cc(Cn2c(=O)[nH]c(=O)c3ccccc32)ccc1F)N1CCCCC1. The number of H-pyrrole nitrogens is 1. The average molecular weight is 381 g/mol. The summed E-state index contributed by atoms with van der Waals surface area (Å²) in [5.41, 5.74) is 0.126. The van der Waals surface area contributed by atoms with E-state index >= 15 is 0 Å². The molecule has 144 valence electrons. The van der Waals surface area contributed by atoms with Gasteiger partial charge in [0.1, 0.15) is 5.82 Å². The molecule has 4 rings (SSSR count). The highest BCUT2D eigenvalue weighted by Crippen LogP contribution is 2.18. The summed E-state index contributed by atoms with van der Waals surface area (Å²) in [6, 6.07) is 11.1. The number of amides is 1. The standard InChI is InChI=1S/C21H20FN3O3/c22-17-9-8-14(12-16(17)20(27)24-10-4-1-5-11-24)13-25-18-7-3-2-6-15(18)19(26)23-21(25)28/h2-3,6-9,12H,1,4-5,10-11,13H2,(H,23,26,28). The number of benzene rings is 2. The molecule has 0 radical (unpaired) electrons. The fraction of sp³-hybridized carbons (Fsp3) is 0.286. The van der Waals surface area contributed by atoms with Crippen LogP contribution in [0.5, 0.6) is 0 Å². The summed E-state index contributed by atoms with van der Waals surface area (Å²) in [5.74, 6) is -0.893. The first-order valence-corrected chi connectivity index (χ1v) is 9.34. The molecule has 1 fully saturated rings. The van der Waals surface area contributed by atoms with Gasteiger partial charge in [0.05, 0.1) is 23.0 Å².